The highest BCUT2D eigenvalue weighted by atomic mass is 16.5. The fourth-order valence-corrected chi connectivity index (χ4v) is 2.19. The number of hydrogen-bond donors (Lipinski definition) is 1. The van der Waals surface area contributed by atoms with E-state index in [1.54, 1.807) is 14.2 Å². The molecule has 0 aliphatic heterocycles. The fraction of sp³-hybridized carbons (Fsp3) is 0.375. The van der Waals surface area contributed by atoms with Crippen LogP contribution >= 0.6 is 0 Å². The van der Waals surface area contributed by atoms with Gasteiger partial charge in [0.1, 0.15) is 5.82 Å². The van der Waals surface area contributed by atoms with Gasteiger partial charge in [-0.3, -0.25) is 0 Å². The van der Waals surface area contributed by atoms with E-state index in [-0.39, 0.29) is 0 Å². The Morgan fingerprint density at radius 3 is 2.57 bits per heavy atom. The third kappa shape index (κ3) is 3.24. The molecule has 1 aromatic carbocycles. The molecule has 0 radical (unpaired) electrons. The van der Waals surface area contributed by atoms with Gasteiger partial charge in [0.15, 0.2) is 17.3 Å². The second-order valence-electron chi connectivity index (χ2n) is 4.61. The Hall–Kier alpha value is -2.30. The van der Waals surface area contributed by atoms with Crippen LogP contribution in [0.5, 0.6) is 11.5 Å². The molecule has 0 spiro atoms. The molecule has 0 aliphatic carbocycles. The number of ether oxygens (including phenoxy) is 2. The molecule has 0 saturated carbocycles. The second kappa shape index (κ2) is 6.92. The maximum atomic E-state index is 5.47. The lowest BCUT2D eigenvalue weighted by molar-refractivity contribution is 0.356. The highest BCUT2D eigenvalue weighted by molar-refractivity contribution is 5.69. The zero-order valence-corrected chi connectivity index (χ0v) is 12.9. The molecule has 5 nitrogen and oxygen atoms in total. The zero-order chi connectivity index (χ0) is 15.2. The highest BCUT2D eigenvalue weighted by Crippen LogP contribution is 2.36. The number of nitrogens with one attached hydrogen (secondary N) is 1. The summed E-state index contributed by atoms with van der Waals surface area (Å²) >= 11 is 0. The molecule has 21 heavy (non-hydrogen) atoms. The largest absolute Gasteiger partial charge is 0.493 e. The smallest absolute Gasteiger partial charge is 0.171 e. The summed E-state index contributed by atoms with van der Waals surface area (Å²) in [7, 11) is 5.09. The molecule has 2 rings (SSSR count). The van der Waals surface area contributed by atoms with Crippen molar-refractivity contribution < 1.29 is 9.47 Å². The molecule has 0 saturated heterocycles. The van der Waals surface area contributed by atoms with E-state index in [0.717, 1.165) is 29.9 Å². The van der Waals surface area contributed by atoms with Crippen LogP contribution in [0.25, 0.3) is 11.4 Å². The summed E-state index contributed by atoms with van der Waals surface area (Å²) in [5.74, 6) is 2.76. The average Bonchev–Trinajstić information content (AvgIpc) is 2.53. The summed E-state index contributed by atoms with van der Waals surface area (Å²) in [6, 6.07) is 7.67. The Bertz CT molecular complexity index is 614. The molecule has 0 amide bonds. The maximum Gasteiger partial charge on any atom is 0.171 e. The quantitative estimate of drug-likeness (QED) is 0.884. The van der Waals surface area contributed by atoms with Gasteiger partial charge in [0.2, 0.25) is 0 Å². The lowest BCUT2D eigenvalue weighted by Crippen LogP contribution is -2.02. The molecular formula is C16H21N3O2. The van der Waals surface area contributed by atoms with Crippen LogP contribution in [-0.4, -0.2) is 31.2 Å². The van der Waals surface area contributed by atoms with E-state index in [1.807, 2.05) is 31.3 Å². The van der Waals surface area contributed by atoms with E-state index in [2.05, 4.69) is 22.2 Å². The van der Waals surface area contributed by atoms with Crippen molar-refractivity contribution in [1.82, 2.24) is 9.97 Å². The molecule has 0 fully saturated rings. The van der Waals surface area contributed by atoms with E-state index in [1.165, 1.54) is 0 Å². The standard InChI is InChI=1S/C16H21N3O2/c1-5-7-11-10-14(17-2)19-16(18-11)12-8-6-9-13(20-3)15(12)21-4/h6,8-10H,5,7H2,1-4H3,(H,17,18,19). The third-order valence-corrected chi connectivity index (χ3v) is 3.19. The van der Waals surface area contributed by atoms with Gasteiger partial charge in [-0.2, -0.15) is 0 Å². The molecular weight excluding hydrogens is 266 g/mol. The summed E-state index contributed by atoms with van der Waals surface area (Å²) in [6.45, 7) is 2.13. The first-order valence-corrected chi connectivity index (χ1v) is 7.00. The average molecular weight is 287 g/mol. The minimum absolute atomic E-state index is 0.640. The maximum absolute atomic E-state index is 5.47. The number of anilines is 1. The van der Waals surface area contributed by atoms with Crippen molar-refractivity contribution in [2.75, 3.05) is 26.6 Å². The van der Waals surface area contributed by atoms with Crippen molar-refractivity contribution in [1.29, 1.82) is 0 Å². The number of nitrogens with zero attached hydrogens (tertiary/aromatic N) is 2. The molecule has 0 atom stereocenters. The van der Waals surface area contributed by atoms with Crippen molar-refractivity contribution >= 4 is 5.82 Å². The predicted octanol–water partition coefficient (Wildman–Crippen LogP) is 3.16. The van der Waals surface area contributed by atoms with Crippen molar-refractivity contribution in [3.05, 3.63) is 30.0 Å². The first kappa shape index (κ1) is 15.1. The lowest BCUT2D eigenvalue weighted by Gasteiger charge is -2.13. The number of rotatable bonds is 6. The van der Waals surface area contributed by atoms with Crippen molar-refractivity contribution in [3.8, 4) is 22.9 Å². The first-order chi connectivity index (χ1) is 10.2. The molecule has 112 valence electrons. The van der Waals surface area contributed by atoms with Crippen LogP contribution in [0, 0.1) is 0 Å². The molecule has 1 N–H and O–H groups in total. The van der Waals surface area contributed by atoms with Crippen LogP contribution < -0.4 is 14.8 Å². The van der Waals surface area contributed by atoms with Gasteiger partial charge in [0.25, 0.3) is 0 Å². The van der Waals surface area contributed by atoms with Gasteiger partial charge in [-0.15, -0.1) is 0 Å². The van der Waals surface area contributed by atoms with Crippen LogP contribution in [-0.2, 0) is 6.42 Å². The number of aryl methyl sites for hydroxylation is 1. The number of aromatic nitrogens is 2. The van der Waals surface area contributed by atoms with Crippen LogP contribution in [0.3, 0.4) is 0 Å². The molecule has 5 heteroatoms. The molecule has 0 bridgehead atoms. The summed E-state index contributed by atoms with van der Waals surface area (Å²) in [6.07, 6.45) is 1.95. The Labute approximate surface area is 125 Å². The normalized spacial score (nSPS) is 10.3. The summed E-state index contributed by atoms with van der Waals surface area (Å²) in [5, 5.41) is 3.08. The Balaban J connectivity index is 2.57. The van der Waals surface area contributed by atoms with Gasteiger partial charge in [-0.1, -0.05) is 19.4 Å². The van der Waals surface area contributed by atoms with Crippen molar-refractivity contribution in [3.63, 3.8) is 0 Å². The SMILES string of the molecule is CCCc1cc(NC)nc(-c2cccc(OC)c2OC)n1. The van der Waals surface area contributed by atoms with Gasteiger partial charge < -0.3 is 14.8 Å². The molecule has 0 aliphatic rings. The van der Waals surface area contributed by atoms with Gasteiger partial charge >= 0.3 is 0 Å². The van der Waals surface area contributed by atoms with Crippen LogP contribution in [0.15, 0.2) is 24.3 Å². The minimum Gasteiger partial charge on any atom is -0.493 e. The first-order valence-electron chi connectivity index (χ1n) is 7.00. The number of hydrogen-bond acceptors (Lipinski definition) is 5. The van der Waals surface area contributed by atoms with E-state index in [9.17, 15) is 0 Å². The molecule has 1 aromatic heterocycles. The Morgan fingerprint density at radius 1 is 1.14 bits per heavy atom. The minimum atomic E-state index is 0.640. The van der Waals surface area contributed by atoms with E-state index >= 15 is 0 Å². The van der Waals surface area contributed by atoms with Crippen LogP contribution in [0.2, 0.25) is 0 Å². The number of methoxy groups -OCH3 is 2. The number of para-hydroxylation sites is 1. The summed E-state index contributed by atoms with van der Waals surface area (Å²) < 4.78 is 10.8. The second-order valence-corrected chi connectivity index (χ2v) is 4.61. The van der Waals surface area contributed by atoms with Gasteiger partial charge in [0, 0.05) is 18.8 Å². The van der Waals surface area contributed by atoms with Gasteiger partial charge in [0.05, 0.1) is 19.8 Å². The molecule has 0 unspecified atom stereocenters. The fourth-order valence-electron chi connectivity index (χ4n) is 2.19. The van der Waals surface area contributed by atoms with Crippen molar-refractivity contribution in [2.24, 2.45) is 0 Å². The summed E-state index contributed by atoms with van der Waals surface area (Å²) in [5.41, 5.74) is 1.84. The Kier molecular flexibility index (Phi) is 4.98. The molecule has 1 heterocycles. The lowest BCUT2D eigenvalue weighted by atomic mass is 10.1. The van der Waals surface area contributed by atoms with Crippen molar-refractivity contribution in [2.45, 2.75) is 19.8 Å². The summed E-state index contributed by atoms with van der Waals surface area (Å²) in [4.78, 5) is 9.17. The predicted molar refractivity (Wildman–Crippen MR) is 84.1 cm³/mol. The Morgan fingerprint density at radius 2 is 1.95 bits per heavy atom. The van der Waals surface area contributed by atoms with E-state index in [0.29, 0.717) is 17.3 Å². The molecule has 2 aromatic rings. The van der Waals surface area contributed by atoms with Crippen LogP contribution in [0.4, 0.5) is 5.82 Å². The monoisotopic (exact) mass is 287 g/mol. The van der Waals surface area contributed by atoms with Gasteiger partial charge in [-0.25, -0.2) is 9.97 Å². The van der Waals surface area contributed by atoms with E-state index in [4.69, 9.17) is 9.47 Å². The van der Waals surface area contributed by atoms with Gasteiger partial charge in [-0.05, 0) is 18.6 Å². The third-order valence-electron chi connectivity index (χ3n) is 3.19. The van der Waals surface area contributed by atoms with Crippen LogP contribution in [0.1, 0.15) is 19.0 Å². The highest BCUT2D eigenvalue weighted by Gasteiger charge is 2.15. The number of benzene rings is 1. The zero-order valence-electron chi connectivity index (χ0n) is 12.9. The van der Waals surface area contributed by atoms with E-state index < -0.39 is 0 Å². The topological polar surface area (TPSA) is 56.3 Å².